The standard InChI is InChI=1S/C18H27N3OS/c1-23-15-8-5-7-14(13-15)20-17-16(9-6-10-19-17)18(22)21-11-3-2-4-12-21/h6,9-10,14-15H,2-5,7-8,11-13H2,1H3,(H,19,20)/t14-,15+/m1/s1. The quantitative estimate of drug-likeness (QED) is 0.910. The van der Waals surface area contributed by atoms with Crippen LogP contribution in [0.4, 0.5) is 5.82 Å². The van der Waals surface area contributed by atoms with E-state index in [-0.39, 0.29) is 5.91 Å². The predicted molar refractivity (Wildman–Crippen MR) is 97.2 cm³/mol. The third kappa shape index (κ3) is 4.19. The summed E-state index contributed by atoms with van der Waals surface area (Å²) in [7, 11) is 0. The van der Waals surface area contributed by atoms with Crippen molar-refractivity contribution in [1.29, 1.82) is 0 Å². The lowest BCUT2D eigenvalue weighted by atomic mass is 9.95. The van der Waals surface area contributed by atoms with Crippen molar-refractivity contribution in [3.8, 4) is 0 Å². The zero-order valence-electron chi connectivity index (χ0n) is 14.0. The smallest absolute Gasteiger partial charge is 0.257 e. The Morgan fingerprint density at radius 3 is 2.87 bits per heavy atom. The van der Waals surface area contributed by atoms with Gasteiger partial charge in [0.1, 0.15) is 5.82 Å². The van der Waals surface area contributed by atoms with Crippen molar-refractivity contribution in [1.82, 2.24) is 9.88 Å². The molecule has 0 aromatic carbocycles. The van der Waals surface area contributed by atoms with Crippen molar-refractivity contribution >= 4 is 23.5 Å². The first-order valence-electron chi connectivity index (χ1n) is 8.81. The van der Waals surface area contributed by atoms with Crippen LogP contribution in [-0.2, 0) is 0 Å². The number of nitrogens with zero attached hydrogens (tertiary/aromatic N) is 2. The molecule has 126 valence electrons. The summed E-state index contributed by atoms with van der Waals surface area (Å²) in [5.74, 6) is 0.910. The number of carbonyl (C=O) groups excluding carboxylic acids is 1. The van der Waals surface area contributed by atoms with E-state index in [0.29, 0.717) is 6.04 Å². The van der Waals surface area contributed by atoms with E-state index in [4.69, 9.17) is 0 Å². The molecule has 1 amide bonds. The largest absolute Gasteiger partial charge is 0.367 e. The van der Waals surface area contributed by atoms with Crippen molar-refractivity contribution < 1.29 is 4.79 Å². The second kappa shape index (κ2) is 8.04. The van der Waals surface area contributed by atoms with E-state index in [1.807, 2.05) is 28.8 Å². The highest BCUT2D eigenvalue weighted by molar-refractivity contribution is 7.99. The first kappa shape index (κ1) is 16.6. The minimum atomic E-state index is 0.137. The maximum atomic E-state index is 12.8. The number of hydrogen-bond donors (Lipinski definition) is 1. The van der Waals surface area contributed by atoms with Crippen LogP contribution in [0.3, 0.4) is 0 Å². The Morgan fingerprint density at radius 2 is 2.09 bits per heavy atom. The first-order valence-corrected chi connectivity index (χ1v) is 10.1. The van der Waals surface area contributed by atoms with Crippen LogP contribution in [-0.4, -0.2) is 46.4 Å². The highest BCUT2D eigenvalue weighted by atomic mass is 32.2. The fourth-order valence-corrected chi connectivity index (χ4v) is 4.47. The second-order valence-corrected chi connectivity index (χ2v) is 7.76. The van der Waals surface area contributed by atoms with Gasteiger partial charge in [-0.05, 0) is 56.9 Å². The van der Waals surface area contributed by atoms with Gasteiger partial charge in [0.2, 0.25) is 0 Å². The van der Waals surface area contributed by atoms with Crippen LogP contribution < -0.4 is 5.32 Å². The Bertz CT molecular complexity index is 531. The Morgan fingerprint density at radius 1 is 1.26 bits per heavy atom. The first-order chi connectivity index (χ1) is 11.3. The van der Waals surface area contributed by atoms with Gasteiger partial charge in [-0.15, -0.1) is 0 Å². The predicted octanol–water partition coefficient (Wildman–Crippen LogP) is 3.79. The summed E-state index contributed by atoms with van der Waals surface area (Å²) in [6, 6.07) is 4.22. The van der Waals surface area contributed by atoms with Gasteiger partial charge in [-0.3, -0.25) is 4.79 Å². The molecule has 2 fully saturated rings. The SMILES string of the molecule is CS[C@H]1CCC[C@@H](Nc2ncccc2C(=O)N2CCCCC2)C1. The molecule has 2 atom stereocenters. The lowest BCUT2D eigenvalue weighted by Crippen LogP contribution is -2.36. The van der Waals surface area contributed by atoms with E-state index < -0.39 is 0 Å². The molecule has 3 rings (SSSR count). The van der Waals surface area contributed by atoms with Crippen LogP contribution in [0.1, 0.15) is 55.3 Å². The number of amides is 1. The lowest BCUT2D eigenvalue weighted by Gasteiger charge is -2.30. The van der Waals surface area contributed by atoms with Gasteiger partial charge < -0.3 is 10.2 Å². The van der Waals surface area contributed by atoms with Gasteiger partial charge in [0.25, 0.3) is 5.91 Å². The Hall–Kier alpha value is -1.23. The van der Waals surface area contributed by atoms with Crippen LogP contribution in [0.2, 0.25) is 0 Å². The van der Waals surface area contributed by atoms with E-state index in [1.54, 1.807) is 6.20 Å². The van der Waals surface area contributed by atoms with Gasteiger partial charge in [-0.25, -0.2) is 4.98 Å². The molecule has 1 saturated heterocycles. The minimum absolute atomic E-state index is 0.137. The van der Waals surface area contributed by atoms with E-state index in [1.165, 1.54) is 25.7 Å². The Labute approximate surface area is 143 Å². The highest BCUT2D eigenvalue weighted by Gasteiger charge is 2.25. The molecule has 5 heteroatoms. The molecule has 2 heterocycles. The fourth-order valence-electron chi connectivity index (χ4n) is 3.64. The van der Waals surface area contributed by atoms with E-state index in [0.717, 1.165) is 49.0 Å². The molecule has 0 bridgehead atoms. The molecular weight excluding hydrogens is 306 g/mol. The van der Waals surface area contributed by atoms with Gasteiger partial charge in [0, 0.05) is 30.6 Å². The number of rotatable bonds is 4. The second-order valence-electron chi connectivity index (χ2n) is 6.62. The molecule has 1 aromatic rings. The molecule has 1 aliphatic heterocycles. The van der Waals surface area contributed by atoms with Crippen molar-refractivity contribution in [2.75, 3.05) is 24.7 Å². The highest BCUT2D eigenvalue weighted by Crippen LogP contribution is 2.29. The Kier molecular flexibility index (Phi) is 5.81. The Balaban J connectivity index is 1.71. The lowest BCUT2D eigenvalue weighted by molar-refractivity contribution is 0.0725. The van der Waals surface area contributed by atoms with Gasteiger partial charge >= 0.3 is 0 Å². The van der Waals surface area contributed by atoms with Crippen molar-refractivity contribution in [2.45, 2.75) is 56.2 Å². The maximum absolute atomic E-state index is 12.8. The molecule has 0 spiro atoms. The molecule has 0 unspecified atom stereocenters. The van der Waals surface area contributed by atoms with E-state index >= 15 is 0 Å². The number of thioether (sulfide) groups is 1. The molecule has 2 aliphatic rings. The summed E-state index contributed by atoms with van der Waals surface area (Å²) >= 11 is 1.96. The van der Waals surface area contributed by atoms with Crippen LogP contribution in [0, 0.1) is 0 Å². The molecule has 1 aliphatic carbocycles. The summed E-state index contributed by atoms with van der Waals surface area (Å²) in [5.41, 5.74) is 0.737. The summed E-state index contributed by atoms with van der Waals surface area (Å²) in [4.78, 5) is 19.3. The van der Waals surface area contributed by atoms with Crippen LogP contribution in [0.25, 0.3) is 0 Å². The van der Waals surface area contributed by atoms with Crippen molar-refractivity contribution in [3.63, 3.8) is 0 Å². The average Bonchev–Trinajstić information content (AvgIpc) is 2.62. The average molecular weight is 334 g/mol. The van der Waals surface area contributed by atoms with Crippen molar-refractivity contribution in [3.05, 3.63) is 23.9 Å². The van der Waals surface area contributed by atoms with Gasteiger partial charge in [-0.2, -0.15) is 11.8 Å². The van der Waals surface area contributed by atoms with Gasteiger partial charge in [0.05, 0.1) is 5.56 Å². The monoisotopic (exact) mass is 333 g/mol. The zero-order valence-corrected chi connectivity index (χ0v) is 14.8. The molecule has 23 heavy (non-hydrogen) atoms. The number of pyridine rings is 1. The van der Waals surface area contributed by atoms with Crippen LogP contribution in [0.15, 0.2) is 18.3 Å². The molecule has 1 saturated carbocycles. The number of nitrogens with one attached hydrogen (secondary N) is 1. The summed E-state index contributed by atoms with van der Waals surface area (Å²) < 4.78 is 0. The third-order valence-corrected chi connectivity index (χ3v) is 6.08. The minimum Gasteiger partial charge on any atom is -0.367 e. The summed E-state index contributed by atoms with van der Waals surface area (Å²) in [6.07, 6.45) is 12.3. The number of hydrogen-bond acceptors (Lipinski definition) is 4. The topological polar surface area (TPSA) is 45.2 Å². The molecular formula is C18H27N3OS. The zero-order chi connectivity index (χ0) is 16.1. The van der Waals surface area contributed by atoms with Crippen LogP contribution in [0.5, 0.6) is 0 Å². The maximum Gasteiger partial charge on any atom is 0.257 e. The number of anilines is 1. The summed E-state index contributed by atoms with van der Waals surface area (Å²) in [6.45, 7) is 1.76. The normalized spacial score (nSPS) is 25.2. The van der Waals surface area contributed by atoms with E-state index in [9.17, 15) is 4.79 Å². The number of carbonyl (C=O) groups is 1. The van der Waals surface area contributed by atoms with Crippen LogP contribution >= 0.6 is 11.8 Å². The third-order valence-electron chi connectivity index (χ3n) is 4.98. The van der Waals surface area contributed by atoms with Gasteiger partial charge in [0.15, 0.2) is 0 Å². The van der Waals surface area contributed by atoms with E-state index in [2.05, 4.69) is 16.6 Å². The van der Waals surface area contributed by atoms with Crippen molar-refractivity contribution in [2.24, 2.45) is 0 Å². The number of piperidine rings is 1. The fraction of sp³-hybridized carbons (Fsp3) is 0.667. The number of aromatic nitrogens is 1. The summed E-state index contributed by atoms with van der Waals surface area (Å²) in [5, 5.41) is 4.29. The number of likely N-dealkylation sites (tertiary alicyclic amines) is 1. The molecule has 0 radical (unpaired) electrons. The molecule has 4 nitrogen and oxygen atoms in total. The molecule has 1 aromatic heterocycles. The van der Waals surface area contributed by atoms with Gasteiger partial charge in [-0.1, -0.05) is 6.42 Å². The molecule has 1 N–H and O–H groups in total.